The molecule has 0 spiro atoms. The summed E-state index contributed by atoms with van der Waals surface area (Å²) in [6.45, 7) is 7.23. The molecule has 0 radical (unpaired) electrons. The molecule has 0 aliphatic rings. The lowest BCUT2D eigenvalue weighted by Crippen LogP contribution is -2.19. The maximum Gasteiger partial charge on any atom is 0.147 e. The highest BCUT2D eigenvalue weighted by molar-refractivity contribution is 6.06. The zero-order valence-corrected chi connectivity index (χ0v) is 10.3. The minimum atomic E-state index is -0.580. The Balaban J connectivity index is 3.21. The predicted molar refractivity (Wildman–Crippen MR) is 64.6 cm³/mol. The number of carbonyl (C=O) groups excluding carboxylic acids is 2. The van der Waals surface area contributed by atoms with E-state index in [9.17, 15) is 9.59 Å². The Morgan fingerprint density at radius 3 is 2.00 bits per heavy atom. The van der Waals surface area contributed by atoms with Gasteiger partial charge in [0.25, 0.3) is 0 Å². The van der Waals surface area contributed by atoms with E-state index < -0.39 is 5.92 Å². The zero-order valence-electron chi connectivity index (χ0n) is 10.3. The minimum absolute atomic E-state index is 0.00231. The molecule has 0 N–H and O–H groups in total. The van der Waals surface area contributed by atoms with Crippen molar-refractivity contribution in [3.05, 3.63) is 34.9 Å². The summed E-state index contributed by atoms with van der Waals surface area (Å²) in [5.41, 5.74) is 3.01. The van der Waals surface area contributed by atoms with Gasteiger partial charge in [0.05, 0.1) is 0 Å². The molecule has 0 aliphatic heterocycles. The number of hydrogen-bond donors (Lipinski definition) is 0. The summed E-state index contributed by atoms with van der Waals surface area (Å²) in [7, 11) is 0. The molecule has 86 valence electrons. The Morgan fingerprint density at radius 1 is 1.12 bits per heavy atom. The van der Waals surface area contributed by atoms with Crippen LogP contribution in [0.4, 0.5) is 0 Å². The standard InChI is InChI=1S/C14H18O2/c1-5-13(16)14(11(4)15)12-7-9(2)6-10(3)8-12/h6-8,14H,5H2,1-4H3. The fraction of sp³-hybridized carbons (Fsp3) is 0.429. The van der Waals surface area contributed by atoms with Crippen LogP contribution in [0.25, 0.3) is 0 Å². The van der Waals surface area contributed by atoms with Gasteiger partial charge < -0.3 is 0 Å². The molecule has 0 amide bonds. The zero-order chi connectivity index (χ0) is 12.3. The van der Waals surface area contributed by atoms with Gasteiger partial charge in [0.15, 0.2) is 0 Å². The van der Waals surface area contributed by atoms with Crippen molar-refractivity contribution in [2.75, 3.05) is 0 Å². The SMILES string of the molecule is CCC(=O)C(C(C)=O)c1cc(C)cc(C)c1. The molecule has 0 saturated heterocycles. The normalized spacial score (nSPS) is 12.2. The largest absolute Gasteiger partial charge is 0.299 e. The molecule has 1 rings (SSSR count). The van der Waals surface area contributed by atoms with Gasteiger partial charge in [-0.2, -0.15) is 0 Å². The van der Waals surface area contributed by atoms with Crippen LogP contribution in [0, 0.1) is 13.8 Å². The summed E-state index contributed by atoms with van der Waals surface area (Å²) in [5.74, 6) is -0.655. The van der Waals surface area contributed by atoms with Gasteiger partial charge in [-0.1, -0.05) is 36.2 Å². The van der Waals surface area contributed by atoms with Crippen LogP contribution >= 0.6 is 0 Å². The maximum atomic E-state index is 11.8. The van der Waals surface area contributed by atoms with Gasteiger partial charge in [0, 0.05) is 6.42 Å². The van der Waals surface area contributed by atoms with Gasteiger partial charge in [-0.3, -0.25) is 9.59 Å². The van der Waals surface area contributed by atoms with Gasteiger partial charge >= 0.3 is 0 Å². The Bertz CT molecular complexity index is 398. The van der Waals surface area contributed by atoms with Crippen molar-refractivity contribution in [1.82, 2.24) is 0 Å². The average molecular weight is 218 g/mol. The van der Waals surface area contributed by atoms with Crippen molar-refractivity contribution >= 4 is 11.6 Å². The molecule has 0 saturated carbocycles. The van der Waals surface area contributed by atoms with E-state index in [2.05, 4.69) is 0 Å². The van der Waals surface area contributed by atoms with E-state index in [1.165, 1.54) is 6.92 Å². The Kier molecular flexibility index (Phi) is 3.99. The second kappa shape index (κ2) is 5.06. The van der Waals surface area contributed by atoms with Crippen molar-refractivity contribution in [1.29, 1.82) is 0 Å². The fourth-order valence-corrected chi connectivity index (χ4v) is 2.03. The van der Waals surface area contributed by atoms with Crippen molar-refractivity contribution in [3.8, 4) is 0 Å². The summed E-state index contributed by atoms with van der Waals surface area (Å²) >= 11 is 0. The second-order valence-electron chi connectivity index (χ2n) is 4.28. The molecule has 1 unspecified atom stereocenters. The summed E-state index contributed by atoms with van der Waals surface area (Å²) < 4.78 is 0. The molecule has 0 fully saturated rings. The number of benzene rings is 1. The molecule has 1 aromatic carbocycles. The average Bonchev–Trinajstić information content (AvgIpc) is 2.15. The smallest absolute Gasteiger partial charge is 0.147 e. The lowest BCUT2D eigenvalue weighted by atomic mass is 9.88. The molecule has 16 heavy (non-hydrogen) atoms. The first kappa shape index (κ1) is 12.6. The van der Waals surface area contributed by atoms with E-state index in [-0.39, 0.29) is 11.6 Å². The van der Waals surface area contributed by atoms with Crippen molar-refractivity contribution < 1.29 is 9.59 Å². The first-order valence-corrected chi connectivity index (χ1v) is 5.57. The highest BCUT2D eigenvalue weighted by Crippen LogP contribution is 2.22. The minimum Gasteiger partial charge on any atom is -0.299 e. The molecule has 2 heteroatoms. The molecule has 1 aromatic rings. The summed E-state index contributed by atoms with van der Waals surface area (Å²) in [4.78, 5) is 23.3. The number of rotatable bonds is 4. The Labute approximate surface area is 96.7 Å². The first-order chi connectivity index (χ1) is 7.45. The summed E-state index contributed by atoms with van der Waals surface area (Å²) in [6.07, 6.45) is 0.400. The number of Topliss-reactive ketones (excluding diaryl/α,β-unsaturated/α-hetero) is 2. The van der Waals surface area contributed by atoms with Crippen LogP contribution in [-0.4, -0.2) is 11.6 Å². The quantitative estimate of drug-likeness (QED) is 0.728. The number of carbonyl (C=O) groups is 2. The van der Waals surface area contributed by atoms with Crippen molar-refractivity contribution in [2.45, 2.75) is 40.0 Å². The molecule has 0 aliphatic carbocycles. The molecular formula is C14H18O2. The van der Waals surface area contributed by atoms with Gasteiger partial charge in [-0.15, -0.1) is 0 Å². The van der Waals surface area contributed by atoms with Crippen LogP contribution in [0.15, 0.2) is 18.2 Å². The van der Waals surface area contributed by atoms with E-state index in [1.54, 1.807) is 6.92 Å². The van der Waals surface area contributed by atoms with E-state index in [0.717, 1.165) is 16.7 Å². The van der Waals surface area contributed by atoms with Gasteiger partial charge in [-0.05, 0) is 26.3 Å². The predicted octanol–water partition coefficient (Wildman–Crippen LogP) is 2.96. The number of hydrogen-bond acceptors (Lipinski definition) is 2. The van der Waals surface area contributed by atoms with Crippen LogP contribution in [-0.2, 0) is 9.59 Å². The lowest BCUT2D eigenvalue weighted by molar-refractivity contribution is -0.127. The van der Waals surface area contributed by atoms with E-state index >= 15 is 0 Å². The third-order valence-corrected chi connectivity index (χ3v) is 2.65. The molecule has 0 heterocycles. The van der Waals surface area contributed by atoms with Crippen molar-refractivity contribution in [2.24, 2.45) is 0 Å². The third-order valence-electron chi connectivity index (χ3n) is 2.65. The second-order valence-corrected chi connectivity index (χ2v) is 4.28. The Morgan fingerprint density at radius 2 is 1.62 bits per heavy atom. The molecular weight excluding hydrogens is 200 g/mol. The van der Waals surface area contributed by atoms with Gasteiger partial charge in [0.2, 0.25) is 0 Å². The lowest BCUT2D eigenvalue weighted by Gasteiger charge is -2.13. The van der Waals surface area contributed by atoms with Crippen LogP contribution in [0.3, 0.4) is 0 Å². The van der Waals surface area contributed by atoms with E-state index in [1.807, 2.05) is 32.0 Å². The van der Waals surface area contributed by atoms with Crippen LogP contribution in [0.1, 0.15) is 42.9 Å². The molecule has 2 nitrogen and oxygen atoms in total. The number of ketones is 2. The number of aryl methyl sites for hydroxylation is 2. The van der Waals surface area contributed by atoms with Gasteiger partial charge in [-0.25, -0.2) is 0 Å². The molecule has 0 bridgehead atoms. The van der Waals surface area contributed by atoms with Crippen LogP contribution in [0.5, 0.6) is 0 Å². The fourth-order valence-electron chi connectivity index (χ4n) is 2.03. The summed E-state index contributed by atoms with van der Waals surface area (Å²) in [5, 5.41) is 0. The Hall–Kier alpha value is -1.44. The van der Waals surface area contributed by atoms with E-state index in [0.29, 0.717) is 6.42 Å². The highest BCUT2D eigenvalue weighted by atomic mass is 16.1. The summed E-state index contributed by atoms with van der Waals surface area (Å²) in [6, 6.07) is 5.89. The molecule has 0 aromatic heterocycles. The van der Waals surface area contributed by atoms with Gasteiger partial charge in [0.1, 0.15) is 17.5 Å². The highest BCUT2D eigenvalue weighted by Gasteiger charge is 2.23. The van der Waals surface area contributed by atoms with Crippen molar-refractivity contribution in [3.63, 3.8) is 0 Å². The first-order valence-electron chi connectivity index (χ1n) is 5.57. The molecule has 1 atom stereocenters. The third kappa shape index (κ3) is 2.78. The van der Waals surface area contributed by atoms with Crippen LogP contribution < -0.4 is 0 Å². The monoisotopic (exact) mass is 218 g/mol. The maximum absolute atomic E-state index is 11.8. The van der Waals surface area contributed by atoms with E-state index in [4.69, 9.17) is 0 Å². The topological polar surface area (TPSA) is 34.1 Å². The van der Waals surface area contributed by atoms with Crippen LogP contribution in [0.2, 0.25) is 0 Å².